The molecule has 2 bridgehead atoms. The Morgan fingerprint density at radius 2 is 2.09 bits per heavy atom. The van der Waals surface area contributed by atoms with E-state index in [9.17, 15) is 9.59 Å². The number of hydrogen-bond acceptors (Lipinski definition) is 2. The molecule has 2 aliphatic heterocycles. The summed E-state index contributed by atoms with van der Waals surface area (Å²) in [4.78, 5) is 28.5. The number of carbonyl (C=O) groups excluding carboxylic acids is 2. The van der Waals surface area contributed by atoms with Crippen molar-refractivity contribution in [3.63, 3.8) is 0 Å². The molecular weight excluding hydrogens is 278 g/mol. The molecule has 122 valence electrons. The minimum absolute atomic E-state index is 0.0485. The van der Waals surface area contributed by atoms with Crippen LogP contribution in [0.5, 0.6) is 0 Å². The number of hydrogen-bond donors (Lipinski definition) is 1. The predicted molar refractivity (Wildman–Crippen MR) is 83.3 cm³/mol. The Hall–Kier alpha value is -1.26. The molecule has 0 aromatic rings. The van der Waals surface area contributed by atoms with Gasteiger partial charge in [0, 0.05) is 32.6 Å². The number of nitrogens with zero attached hydrogens (tertiary/aromatic N) is 2. The minimum atomic E-state index is 0.0485. The van der Waals surface area contributed by atoms with E-state index in [-0.39, 0.29) is 12.1 Å². The van der Waals surface area contributed by atoms with Crippen molar-refractivity contribution in [2.45, 2.75) is 51.0 Å². The Labute approximate surface area is 132 Å². The molecule has 3 amide bonds. The van der Waals surface area contributed by atoms with Crippen LogP contribution < -0.4 is 5.32 Å². The summed E-state index contributed by atoms with van der Waals surface area (Å²) >= 11 is 0. The lowest BCUT2D eigenvalue weighted by Gasteiger charge is -2.37. The van der Waals surface area contributed by atoms with Gasteiger partial charge in [-0.1, -0.05) is 6.42 Å². The quantitative estimate of drug-likeness (QED) is 0.865. The lowest BCUT2D eigenvalue weighted by molar-refractivity contribution is -0.134. The first-order chi connectivity index (χ1) is 10.7. The molecule has 4 rings (SSSR count). The normalized spacial score (nSPS) is 37.7. The van der Waals surface area contributed by atoms with Crippen molar-refractivity contribution in [1.82, 2.24) is 15.1 Å². The summed E-state index contributed by atoms with van der Waals surface area (Å²) in [7, 11) is 0. The highest BCUT2D eigenvalue weighted by Crippen LogP contribution is 2.49. The van der Waals surface area contributed by atoms with Gasteiger partial charge in [0.1, 0.15) is 0 Å². The van der Waals surface area contributed by atoms with Crippen LogP contribution in [-0.2, 0) is 4.79 Å². The molecule has 2 heterocycles. The fourth-order valence-electron chi connectivity index (χ4n) is 5.25. The molecule has 0 spiro atoms. The first-order valence-electron chi connectivity index (χ1n) is 9.03. The molecule has 2 saturated heterocycles. The van der Waals surface area contributed by atoms with Crippen LogP contribution in [-0.4, -0.2) is 54.0 Å². The van der Waals surface area contributed by atoms with E-state index in [1.54, 1.807) is 0 Å². The lowest BCUT2D eigenvalue weighted by Crippen LogP contribution is -2.51. The van der Waals surface area contributed by atoms with Gasteiger partial charge in [0.15, 0.2) is 0 Å². The van der Waals surface area contributed by atoms with Gasteiger partial charge in [0.2, 0.25) is 5.91 Å². The highest BCUT2D eigenvalue weighted by molar-refractivity contribution is 5.78. The number of likely N-dealkylation sites (tertiary alicyclic amines) is 1. The Morgan fingerprint density at radius 3 is 2.77 bits per heavy atom. The zero-order valence-corrected chi connectivity index (χ0v) is 13.3. The average molecular weight is 305 g/mol. The maximum Gasteiger partial charge on any atom is 0.317 e. The van der Waals surface area contributed by atoms with E-state index in [2.05, 4.69) is 5.32 Å². The molecule has 4 fully saturated rings. The summed E-state index contributed by atoms with van der Waals surface area (Å²) in [6.07, 6.45) is 8.20. The summed E-state index contributed by atoms with van der Waals surface area (Å²) in [6, 6.07) is 0.271. The number of urea groups is 1. The second-order valence-corrected chi connectivity index (χ2v) is 7.70. The molecule has 0 radical (unpaired) electrons. The number of fused-ring (bicyclic) bond motifs is 2. The van der Waals surface area contributed by atoms with Crippen molar-refractivity contribution in [2.24, 2.45) is 17.8 Å². The Morgan fingerprint density at radius 1 is 1.18 bits per heavy atom. The summed E-state index contributed by atoms with van der Waals surface area (Å²) in [5.74, 6) is 2.70. The third-order valence-electron chi connectivity index (χ3n) is 6.40. The number of rotatable bonds is 3. The molecule has 22 heavy (non-hydrogen) atoms. The third kappa shape index (κ3) is 2.59. The van der Waals surface area contributed by atoms with Crippen LogP contribution in [0, 0.1) is 17.8 Å². The van der Waals surface area contributed by atoms with Gasteiger partial charge in [-0.3, -0.25) is 4.79 Å². The van der Waals surface area contributed by atoms with E-state index in [4.69, 9.17) is 0 Å². The molecule has 4 atom stereocenters. The van der Waals surface area contributed by atoms with Crippen molar-refractivity contribution in [3.8, 4) is 0 Å². The van der Waals surface area contributed by atoms with Crippen LogP contribution in [0.1, 0.15) is 44.9 Å². The maximum absolute atomic E-state index is 12.7. The fraction of sp³-hybridized carbons (Fsp3) is 0.882. The smallest absolute Gasteiger partial charge is 0.317 e. The number of carbonyl (C=O) groups is 2. The summed E-state index contributed by atoms with van der Waals surface area (Å²) < 4.78 is 0. The largest absolute Gasteiger partial charge is 0.341 e. The van der Waals surface area contributed by atoms with E-state index in [0.29, 0.717) is 11.8 Å². The van der Waals surface area contributed by atoms with Crippen LogP contribution in [0.4, 0.5) is 4.79 Å². The molecule has 0 aromatic heterocycles. The molecule has 5 nitrogen and oxygen atoms in total. The second kappa shape index (κ2) is 5.74. The van der Waals surface area contributed by atoms with Gasteiger partial charge in [-0.2, -0.15) is 0 Å². The van der Waals surface area contributed by atoms with Gasteiger partial charge in [-0.05, 0) is 49.9 Å². The molecular formula is C17H27N3O2. The molecule has 0 aromatic carbocycles. The highest BCUT2D eigenvalue weighted by Gasteiger charge is 2.41. The Bertz CT molecular complexity index is 467. The standard InChI is InChI=1S/C17H27N3O2/c21-16(10-14-9-12-3-4-13(14)8-12)19-6-1-2-15(11-19)20-7-5-18-17(20)22/h12-15H,1-11H2,(H,18,22)/t12-,13-,14-,15-/m0/s1. The number of amides is 3. The van der Waals surface area contributed by atoms with Crippen LogP contribution in [0.3, 0.4) is 0 Å². The van der Waals surface area contributed by atoms with Crippen molar-refractivity contribution in [2.75, 3.05) is 26.2 Å². The van der Waals surface area contributed by atoms with E-state index >= 15 is 0 Å². The van der Waals surface area contributed by atoms with Gasteiger partial charge in [0.25, 0.3) is 0 Å². The van der Waals surface area contributed by atoms with Crippen molar-refractivity contribution in [1.29, 1.82) is 0 Å². The number of piperidine rings is 1. The van der Waals surface area contributed by atoms with Gasteiger partial charge >= 0.3 is 6.03 Å². The topological polar surface area (TPSA) is 52.7 Å². The fourth-order valence-corrected chi connectivity index (χ4v) is 5.25. The predicted octanol–water partition coefficient (Wildman–Crippen LogP) is 1.83. The zero-order chi connectivity index (χ0) is 15.1. The van der Waals surface area contributed by atoms with E-state index < -0.39 is 0 Å². The zero-order valence-electron chi connectivity index (χ0n) is 13.3. The number of nitrogens with one attached hydrogen (secondary N) is 1. The molecule has 2 aliphatic carbocycles. The van der Waals surface area contributed by atoms with Gasteiger partial charge in [0.05, 0.1) is 6.04 Å². The molecule has 4 aliphatic rings. The molecule has 2 saturated carbocycles. The summed E-state index contributed by atoms with van der Waals surface area (Å²) in [5.41, 5.74) is 0. The summed E-state index contributed by atoms with van der Waals surface area (Å²) in [5, 5.41) is 2.87. The van der Waals surface area contributed by atoms with Crippen molar-refractivity contribution < 1.29 is 9.59 Å². The first-order valence-corrected chi connectivity index (χ1v) is 9.03. The first kappa shape index (κ1) is 14.3. The third-order valence-corrected chi connectivity index (χ3v) is 6.40. The molecule has 5 heteroatoms. The van der Waals surface area contributed by atoms with E-state index in [1.165, 1.54) is 25.7 Å². The van der Waals surface area contributed by atoms with Gasteiger partial charge in [-0.15, -0.1) is 0 Å². The monoisotopic (exact) mass is 305 g/mol. The highest BCUT2D eigenvalue weighted by atomic mass is 16.2. The second-order valence-electron chi connectivity index (χ2n) is 7.70. The van der Waals surface area contributed by atoms with Crippen LogP contribution in [0.2, 0.25) is 0 Å². The summed E-state index contributed by atoms with van der Waals surface area (Å²) in [6.45, 7) is 3.16. The molecule has 0 unspecified atom stereocenters. The SMILES string of the molecule is O=C(C[C@@H]1C[C@H]2CC[C@H]1C2)N1CCC[C@H](N2CCNC2=O)C1. The van der Waals surface area contributed by atoms with Crippen LogP contribution in [0.25, 0.3) is 0 Å². The van der Waals surface area contributed by atoms with Gasteiger partial charge < -0.3 is 15.1 Å². The van der Waals surface area contributed by atoms with Crippen molar-refractivity contribution >= 4 is 11.9 Å². The van der Waals surface area contributed by atoms with Crippen LogP contribution >= 0.6 is 0 Å². The van der Waals surface area contributed by atoms with Crippen LogP contribution in [0.15, 0.2) is 0 Å². The van der Waals surface area contributed by atoms with Gasteiger partial charge in [-0.25, -0.2) is 4.79 Å². The Kier molecular flexibility index (Phi) is 3.74. The minimum Gasteiger partial charge on any atom is -0.341 e. The maximum atomic E-state index is 12.7. The Balaban J connectivity index is 1.33. The van der Waals surface area contributed by atoms with Crippen molar-refractivity contribution in [3.05, 3.63) is 0 Å². The molecule has 1 N–H and O–H groups in total. The lowest BCUT2D eigenvalue weighted by atomic mass is 9.86. The van der Waals surface area contributed by atoms with E-state index in [1.807, 2.05) is 9.80 Å². The average Bonchev–Trinajstić information content (AvgIpc) is 3.24. The van der Waals surface area contributed by atoms with E-state index in [0.717, 1.165) is 57.3 Å².